The Morgan fingerprint density at radius 2 is 2.29 bits per heavy atom. The molecule has 0 saturated heterocycles. The van der Waals surface area contributed by atoms with Gasteiger partial charge >= 0.3 is 0 Å². The fourth-order valence-electron chi connectivity index (χ4n) is 2.31. The molecule has 5 heteroatoms. The first-order chi connectivity index (χ1) is 10.1. The van der Waals surface area contributed by atoms with Crippen LogP contribution in [0.5, 0.6) is 0 Å². The lowest BCUT2D eigenvalue weighted by Gasteiger charge is -2.40. The van der Waals surface area contributed by atoms with E-state index >= 15 is 0 Å². The van der Waals surface area contributed by atoms with Crippen LogP contribution in [0.3, 0.4) is 0 Å². The van der Waals surface area contributed by atoms with Gasteiger partial charge in [-0.25, -0.2) is 4.39 Å². The van der Waals surface area contributed by atoms with E-state index in [4.69, 9.17) is 9.84 Å². The molecule has 21 heavy (non-hydrogen) atoms. The molecule has 2 N–H and O–H groups in total. The number of hydrogen-bond acceptors (Lipinski definition) is 3. The summed E-state index contributed by atoms with van der Waals surface area (Å²) in [6, 6.07) is 3.82. The van der Waals surface area contributed by atoms with Crippen molar-refractivity contribution in [1.29, 1.82) is 0 Å². The second-order valence-electron chi connectivity index (χ2n) is 5.07. The number of carbonyl (C=O) groups is 1. The van der Waals surface area contributed by atoms with Crippen molar-refractivity contribution >= 4 is 5.91 Å². The minimum atomic E-state index is -0.500. The van der Waals surface area contributed by atoms with Gasteiger partial charge in [-0.3, -0.25) is 4.79 Å². The molecule has 0 atom stereocenters. The first kappa shape index (κ1) is 15.5. The molecule has 2 rings (SSSR count). The third-order valence-corrected chi connectivity index (χ3v) is 3.80. The van der Waals surface area contributed by atoms with Crippen molar-refractivity contribution in [2.45, 2.75) is 24.9 Å². The average molecular weight is 291 g/mol. The molecule has 1 fully saturated rings. The van der Waals surface area contributed by atoms with E-state index in [1.54, 1.807) is 7.11 Å². The van der Waals surface area contributed by atoms with Crippen LogP contribution in [-0.4, -0.2) is 36.9 Å². The van der Waals surface area contributed by atoms with Crippen LogP contribution < -0.4 is 5.32 Å². The second kappa shape index (κ2) is 6.70. The van der Waals surface area contributed by atoms with E-state index in [0.717, 1.165) is 25.3 Å². The minimum absolute atomic E-state index is 0.168. The van der Waals surface area contributed by atoms with Gasteiger partial charge in [-0.15, -0.1) is 0 Å². The Balaban J connectivity index is 2.12. The molecule has 1 aliphatic carbocycles. The van der Waals surface area contributed by atoms with Crippen molar-refractivity contribution in [3.63, 3.8) is 0 Å². The van der Waals surface area contributed by atoms with Crippen LogP contribution in [0.4, 0.5) is 4.39 Å². The van der Waals surface area contributed by atoms with Crippen molar-refractivity contribution in [1.82, 2.24) is 5.32 Å². The molecule has 112 valence electrons. The number of ether oxygens (including phenoxy) is 1. The number of amides is 1. The largest absolute Gasteiger partial charge is 0.384 e. The quantitative estimate of drug-likeness (QED) is 0.826. The normalized spacial score (nSPS) is 15.6. The molecule has 1 amide bonds. The lowest BCUT2D eigenvalue weighted by Crippen LogP contribution is -2.49. The van der Waals surface area contributed by atoms with Crippen molar-refractivity contribution < 1.29 is 19.0 Å². The molecule has 1 aromatic rings. The summed E-state index contributed by atoms with van der Waals surface area (Å²) in [7, 11) is 1.63. The Hall–Kier alpha value is -1.90. The zero-order chi connectivity index (χ0) is 15.3. The van der Waals surface area contributed by atoms with E-state index < -0.39 is 5.82 Å². The average Bonchev–Trinajstić information content (AvgIpc) is 2.45. The molecular formula is C16H18FNO3. The Morgan fingerprint density at radius 1 is 1.52 bits per heavy atom. The number of carbonyl (C=O) groups excluding carboxylic acids is 1. The van der Waals surface area contributed by atoms with Crippen molar-refractivity contribution in [3.05, 3.63) is 35.1 Å². The number of aliphatic hydroxyl groups excluding tert-OH is 1. The molecule has 0 radical (unpaired) electrons. The molecule has 0 aromatic heterocycles. The summed E-state index contributed by atoms with van der Waals surface area (Å²) in [6.07, 6.45) is 2.89. The Kier molecular flexibility index (Phi) is 4.94. The molecule has 4 nitrogen and oxygen atoms in total. The van der Waals surface area contributed by atoms with E-state index in [2.05, 4.69) is 17.2 Å². The van der Waals surface area contributed by atoms with Crippen LogP contribution in [0.1, 0.15) is 35.2 Å². The van der Waals surface area contributed by atoms with Crippen LogP contribution in [0.2, 0.25) is 0 Å². The van der Waals surface area contributed by atoms with Gasteiger partial charge in [0.1, 0.15) is 12.4 Å². The van der Waals surface area contributed by atoms with Crippen LogP contribution in [0, 0.1) is 17.7 Å². The maximum Gasteiger partial charge on any atom is 0.252 e. The van der Waals surface area contributed by atoms with E-state index in [0.29, 0.717) is 12.1 Å². The molecule has 1 aliphatic rings. The number of methoxy groups -OCH3 is 1. The number of nitrogens with one attached hydrogen (secondary N) is 1. The predicted octanol–water partition coefficient (Wildman–Crippen LogP) is 1.47. The summed E-state index contributed by atoms with van der Waals surface area (Å²) < 4.78 is 18.8. The van der Waals surface area contributed by atoms with Crippen molar-refractivity contribution in [3.8, 4) is 11.8 Å². The van der Waals surface area contributed by atoms with Gasteiger partial charge in [-0.05, 0) is 37.5 Å². The maximum absolute atomic E-state index is 13.3. The number of halogens is 1. The van der Waals surface area contributed by atoms with Crippen LogP contribution in [0.25, 0.3) is 0 Å². The minimum Gasteiger partial charge on any atom is -0.384 e. The summed E-state index contributed by atoms with van der Waals surface area (Å²) in [4.78, 5) is 12.2. The molecule has 1 aromatic carbocycles. The second-order valence-corrected chi connectivity index (χ2v) is 5.07. The molecule has 1 saturated carbocycles. The van der Waals surface area contributed by atoms with Crippen molar-refractivity contribution in [2.24, 2.45) is 0 Å². The van der Waals surface area contributed by atoms with Gasteiger partial charge in [-0.1, -0.05) is 11.8 Å². The SMILES string of the molecule is COC1(CNC(=O)c2cc(F)ccc2C#CCO)CCC1. The molecule has 0 unspecified atom stereocenters. The Labute approximate surface area is 123 Å². The fraction of sp³-hybridized carbons (Fsp3) is 0.438. The third-order valence-electron chi connectivity index (χ3n) is 3.80. The van der Waals surface area contributed by atoms with Gasteiger partial charge in [0.05, 0.1) is 11.2 Å². The Bertz CT molecular complexity index is 579. The zero-order valence-corrected chi connectivity index (χ0v) is 11.9. The number of aliphatic hydroxyl groups is 1. The topological polar surface area (TPSA) is 58.6 Å². The van der Waals surface area contributed by atoms with Gasteiger partial charge in [0.2, 0.25) is 0 Å². The van der Waals surface area contributed by atoms with Crippen LogP contribution in [-0.2, 0) is 4.74 Å². The predicted molar refractivity (Wildman–Crippen MR) is 76.3 cm³/mol. The molecule has 0 aliphatic heterocycles. The molecular weight excluding hydrogens is 273 g/mol. The van der Waals surface area contributed by atoms with E-state index in [-0.39, 0.29) is 23.7 Å². The lowest BCUT2D eigenvalue weighted by atomic mass is 9.80. The maximum atomic E-state index is 13.3. The third kappa shape index (κ3) is 3.60. The number of benzene rings is 1. The van der Waals surface area contributed by atoms with Crippen LogP contribution in [0.15, 0.2) is 18.2 Å². The summed E-state index contributed by atoms with van der Waals surface area (Å²) in [5, 5.41) is 11.5. The van der Waals surface area contributed by atoms with E-state index in [1.807, 2.05) is 0 Å². The van der Waals surface area contributed by atoms with Gasteiger partial charge in [-0.2, -0.15) is 0 Å². The van der Waals surface area contributed by atoms with Gasteiger partial charge in [0.15, 0.2) is 0 Å². The standard InChI is InChI=1S/C16H18FNO3/c1-21-16(7-3-8-16)11-18-15(20)14-10-13(17)6-5-12(14)4-2-9-19/h5-6,10,19H,3,7-9,11H2,1H3,(H,18,20). The fourth-order valence-corrected chi connectivity index (χ4v) is 2.31. The van der Waals surface area contributed by atoms with E-state index in [9.17, 15) is 9.18 Å². The summed E-state index contributed by atoms with van der Waals surface area (Å²) in [6.45, 7) is 0.0803. The van der Waals surface area contributed by atoms with Crippen LogP contribution >= 0.6 is 0 Å². The van der Waals surface area contributed by atoms with Gasteiger partial charge in [0, 0.05) is 19.2 Å². The summed E-state index contributed by atoms with van der Waals surface area (Å²) in [5.41, 5.74) is 0.268. The lowest BCUT2D eigenvalue weighted by molar-refractivity contribution is -0.0679. The monoisotopic (exact) mass is 291 g/mol. The van der Waals surface area contributed by atoms with E-state index in [1.165, 1.54) is 12.1 Å². The summed E-state index contributed by atoms with van der Waals surface area (Å²) >= 11 is 0. The summed E-state index contributed by atoms with van der Waals surface area (Å²) in [5.74, 6) is 4.23. The highest BCUT2D eigenvalue weighted by atomic mass is 19.1. The number of hydrogen-bond donors (Lipinski definition) is 2. The first-order valence-corrected chi connectivity index (χ1v) is 6.83. The Morgan fingerprint density at radius 3 is 2.86 bits per heavy atom. The number of rotatable bonds is 4. The highest BCUT2D eigenvalue weighted by Gasteiger charge is 2.37. The molecule has 0 heterocycles. The zero-order valence-electron chi connectivity index (χ0n) is 11.9. The smallest absolute Gasteiger partial charge is 0.252 e. The highest BCUT2D eigenvalue weighted by Crippen LogP contribution is 2.34. The van der Waals surface area contributed by atoms with Gasteiger partial charge in [0.25, 0.3) is 5.91 Å². The highest BCUT2D eigenvalue weighted by molar-refractivity contribution is 5.96. The first-order valence-electron chi connectivity index (χ1n) is 6.83. The molecule has 0 bridgehead atoms. The van der Waals surface area contributed by atoms with Gasteiger partial charge < -0.3 is 15.2 Å². The molecule has 0 spiro atoms. The van der Waals surface area contributed by atoms with Crippen molar-refractivity contribution in [2.75, 3.05) is 20.3 Å².